The number of nitrogens with zero attached hydrogens (tertiary/aromatic N) is 2. The lowest BCUT2D eigenvalue weighted by atomic mass is 9.76. The number of hydrogen-bond donors (Lipinski definition) is 1. The first-order valence-corrected chi connectivity index (χ1v) is 8.20. The molecule has 4 nitrogen and oxygen atoms in total. The Balaban J connectivity index is 1.71. The lowest BCUT2D eigenvalue weighted by molar-refractivity contribution is -0.127. The monoisotopic (exact) mass is 315 g/mol. The fourth-order valence-electron chi connectivity index (χ4n) is 4.34. The van der Waals surface area contributed by atoms with Gasteiger partial charge in [0.15, 0.2) is 0 Å². The summed E-state index contributed by atoms with van der Waals surface area (Å²) in [4.78, 5) is 14.5. The van der Waals surface area contributed by atoms with Crippen molar-refractivity contribution < 1.29 is 9.18 Å². The van der Waals surface area contributed by atoms with Gasteiger partial charge in [-0.1, -0.05) is 12.5 Å². The fourth-order valence-corrected chi connectivity index (χ4v) is 4.34. The number of carbonyl (C=O) groups excluding carboxylic acids is 1. The van der Waals surface area contributed by atoms with Crippen molar-refractivity contribution in [3.05, 3.63) is 35.1 Å². The SMILES string of the molecule is CNC(=O)C1CCCC12CCN(Cc1ccc(F)c(C#N)c1)C2. The van der Waals surface area contributed by atoms with Crippen molar-refractivity contribution in [2.75, 3.05) is 20.1 Å². The predicted octanol–water partition coefficient (Wildman–Crippen LogP) is 2.44. The van der Waals surface area contributed by atoms with Gasteiger partial charge in [-0.05, 0) is 48.9 Å². The molecule has 1 heterocycles. The van der Waals surface area contributed by atoms with Crippen LogP contribution in [0.4, 0.5) is 4.39 Å². The number of carbonyl (C=O) groups is 1. The number of amides is 1. The van der Waals surface area contributed by atoms with Gasteiger partial charge in [-0.2, -0.15) is 5.26 Å². The lowest BCUT2D eigenvalue weighted by Gasteiger charge is -2.30. The van der Waals surface area contributed by atoms with Crippen molar-refractivity contribution in [2.45, 2.75) is 32.2 Å². The molecule has 122 valence electrons. The normalized spacial score (nSPS) is 27.3. The van der Waals surface area contributed by atoms with Gasteiger partial charge in [0.2, 0.25) is 5.91 Å². The standard InChI is InChI=1S/C18H22FN3O/c1-21-17(23)15-3-2-6-18(15)7-8-22(12-18)11-13-4-5-16(19)14(9-13)10-20/h4-5,9,15H,2-3,6-8,11-12H2,1H3,(H,21,23). The van der Waals surface area contributed by atoms with E-state index in [-0.39, 0.29) is 22.8 Å². The van der Waals surface area contributed by atoms with Crippen molar-refractivity contribution in [3.8, 4) is 6.07 Å². The molecule has 2 unspecified atom stereocenters. The van der Waals surface area contributed by atoms with Crippen LogP contribution in [-0.4, -0.2) is 30.9 Å². The van der Waals surface area contributed by atoms with Crippen LogP contribution in [0.5, 0.6) is 0 Å². The summed E-state index contributed by atoms with van der Waals surface area (Å²) in [6.07, 6.45) is 4.23. The number of likely N-dealkylation sites (tertiary alicyclic amines) is 1. The molecule has 3 rings (SSSR count). The minimum absolute atomic E-state index is 0.0954. The van der Waals surface area contributed by atoms with Gasteiger partial charge in [0.1, 0.15) is 11.9 Å². The van der Waals surface area contributed by atoms with Gasteiger partial charge in [0.05, 0.1) is 5.56 Å². The average Bonchev–Trinajstić information content (AvgIpc) is 3.16. The van der Waals surface area contributed by atoms with Gasteiger partial charge in [-0.3, -0.25) is 9.69 Å². The number of hydrogen-bond acceptors (Lipinski definition) is 3. The minimum atomic E-state index is -0.468. The molecule has 1 spiro atoms. The van der Waals surface area contributed by atoms with Crippen LogP contribution in [0.1, 0.15) is 36.8 Å². The first-order chi connectivity index (χ1) is 11.1. The molecule has 1 saturated carbocycles. The summed E-state index contributed by atoms with van der Waals surface area (Å²) in [5.41, 5.74) is 1.15. The van der Waals surface area contributed by atoms with Crippen LogP contribution < -0.4 is 5.32 Å². The highest BCUT2D eigenvalue weighted by molar-refractivity contribution is 5.79. The summed E-state index contributed by atoms with van der Waals surface area (Å²) < 4.78 is 13.4. The van der Waals surface area contributed by atoms with Gasteiger partial charge in [0, 0.05) is 26.1 Å². The molecule has 1 saturated heterocycles. The Morgan fingerprint density at radius 2 is 2.35 bits per heavy atom. The van der Waals surface area contributed by atoms with Crippen molar-refractivity contribution >= 4 is 5.91 Å². The Labute approximate surface area is 136 Å². The van der Waals surface area contributed by atoms with E-state index in [0.717, 1.165) is 44.3 Å². The van der Waals surface area contributed by atoms with Gasteiger partial charge in [-0.25, -0.2) is 4.39 Å². The van der Waals surface area contributed by atoms with E-state index in [2.05, 4.69) is 10.2 Å². The van der Waals surface area contributed by atoms with E-state index >= 15 is 0 Å². The van der Waals surface area contributed by atoms with Crippen molar-refractivity contribution in [3.63, 3.8) is 0 Å². The number of nitriles is 1. The first-order valence-electron chi connectivity index (χ1n) is 8.20. The summed E-state index contributed by atoms with van der Waals surface area (Å²) in [5.74, 6) is -0.192. The molecule has 1 amide bonds. The van der Waals surface area contributed by atoms with Gasteiger partial charge < -0.3 is 5.32 Å². The summed E-state index contributed by atoms with van der Waals surface area (Å²) in [6, 6.07) is 6.63. The highest BCUT2D eigenvalue weighted by Gasteiger charge is 2.49. The van der Waals surface area contributed by atoms with Crippen LogP contribution >= 0.6 is 0 Å². The lowest BCUT2D eigenvalue weighted by Crippen LogP contribution is -2.39. The van der Waals surface area contributed by atoms with Gasteiger partial charge in [-0.15, -0.1) is 0 Å². The van der Waals surface area contributed by atoms with E-state index in [4.69, 9.17) is 5.26 Å². The van der Waals surface area contributed by atoms with Crippen molar-refractivity contribution in [2.24, 2.45) is 11.3 Å². The Bertz CT molecular complexity index is 654. The van der Waals surface area contributed by atoms with E-state index < -0.39 is 5.82 Å². The van der Waals surface area contributed by atoms with Crippen LogP contribution in [0.15, 0.2) is 18.2 Å². The molecule has 23 heavy (non-hydrogen) atoms. The maximum atomic E-state index is 13.4. The third-order valence-electron chi connectivity index (χ3n) is 5.49. The first kappa shape index (κ1) is 15.9. The summed E-state index contributed by atoms with van der Waals surface area (Å²) in [7, 11) is 1.71. The van der Waals surface area contributed by atoms with Gasteiger partial charge >= 0.3 is 0 Å². The van der Waals surface area contributed by atoms with Crippen LogP contribution in [0.25, 0.3) is 0 Å². The topological polar surface area (TPSA) is 56.1 Å². The predicted molar refractivity (Wildman–Crippen MR) is 84.8 cm³/mol. The van der Waals surface area contributed by atoms with Crippen LogP contribution in [0, 0.1) is 28.5 Å². The second-order valence-corrected chi connectivity index (χ2v) is 6.81. The summed E-state index contributed by atoms with van der Waals surface area (Å²) >= 11 is 0. The van der Waals surface area contributed by atoms with E-state index in [1.165, 1.54) is 6.07 Å². The zero-order chi connectivity index (χ0) is 16.4. The molecule has 5 heteroatoms. The van der Waals surface area contributed by atoms with E-state index in [1.807, 2.05) is 6.07 Å². The second kappa shape index (κ2) is 6.29. The third kappa shape index (κ3) is 2.96. The maximum Gasteiger partial charge on any atom is 0.223 e. The molecule has 1 aromatic rings. The Morgan fingerprint density at radius 3 is 3.09 bits per heavy atom. The molecular formula is C18H22FN3O. The molecule has 0 aromatic heterocycles. The Hall–Kier alpha value is -1.93. The molecular weight excluding hydrogens is 293 g/mol. The van der Waals surface area contributed by atoms with Crippen molar-refractivity contribution in [1.29, 1.82) is 5.26 Å². The molecule has 1 aliphatic carbocycles. The molecule has 2 aliphatic rings. The fraction of sp³-hybridized carbons (Fsp3) is 0.556. The van der Waals surface area contributed by atoms with Gasteiger partial charge in [0.25, 0.3) is 0 Å². The second-order valence-electron chi connectivity index (χ2n) is 6.81. The zero-order valence-corrected chi connectivity index (χ0v) is 13.4. The molecule has 2 fully saturated rings. The number of halogens is 1. The number of benzene rings is 1. The van der Waals surface area contributed by atoms with Crippen molar-refractivity contribution in [1.82, 2.24) is 10.2 Å². The molecule has 1 N–H and O–H groups in total. The number of nitrogens with one attached hydrogen (secondary N) is 1. The van der Waals surface area contributed by atoms with E-state index in [1.54, 1.807) is 19.2 Å². The molecule has 0 bridgehead atoms. The highest BCUT2D eigenvalue weighted by atomic mass is 19.1. The van der Waals surface area contributed by atoms with Crippen LogP contribution in [0.2, 0.25) is 0 Å². The smallest absolute Gasteiger partial charge is 0.223 e. The van der Waals surface area contributed by atoms with Crippen LogP contribution in [0.3, 0.4) is 0 Å². The Morgan fingerprint density at radius 1 is 1.52 bits per heavy atom. The summed E-state index contributed by atoms with van der Waals surface area (Å²) in [5, 5.41) is 11.8. The van der Waals surface area contributed by atoms with Crippen LogP contribution in [-0.2, 0) is 11.3 Å². The number of rotatable bonds is 3. The Kier molecular flexibility index (Phi) is 4.36. The third-order valence-corrected chi connectivity index (χ3v) is 5.49. The maximum absolute atomic E-state index is 13.4. The quantitative estimate of drug-likeness (QED) is 0.932. The molecule has 1 aliphatic heterocycles. The largest absolute Gasteiger partial charge is 0.359 e. The molecule has 1 aromatic carbocycles. The zero-order valence-electron chi connectivity index (χ0n) is 13.4. The molecule has 2 atom stereocenters. The van der Waals surface area contributed by atoms with E-state index in [9.17, 15) is 9.18 Å². The molecule has 0 radical (unpaired) electrons. The average molecular weight is 315 g/mol. The highest BCUT2D eigenvalue weighted by Crippen LogP contribution is 2.50. The minimum Gasteiger partial charge on any atom is -0.359 e. The summed E-state index contributed by atoms with van der Waals surface area (Å²) in [6.45, 7) is 2.56. The van der Waals surface area contributed by atoms with E-state index in [0.29, 0.717) is 6.54 Å².